The fourth-order valence-electron chi connectivity index (χ4n) is 3.29. The summed E-state index contributed by atoms with van der Waals surface area (Å²) in [6.45, 7) is 5.33. The molecular weight excluding hydrogens is 300 g/mol. The van der Waals surface area contributed by atoms with Gasteiger partial charge in [-0.1, -0.05) is 13.0 Å². The van der Waals surface area contributed by atoms with Gasteiger partial charge in [-0.05, 0) is 30.9 Å². The molecule has 2 aliphatic rings. The van der Waals surface area contributed by atoms with E-state index in [1.54, 1.807) is 0 Å². The number of anilines is 1. The maximum Gasteiger partial charge on any atom is 0.191 e. The quantitative estimate of drug-likeness (QED) is 0.629. The van der Waals surface area contributed by atoms with Crippen molar-refractivity contribution in [2.45, 2.75) is 38.4 Å². The largest absolute Gasteiger partial charge is 0.363 e. The van der Waals surface area contributed by atoms with Gasteiger partial charge in [0.15, 0.2) is 5.96 Å². The monoisotopic (exact) mass is 330 g/mol. The standard InChI is InChI=1S/C18H30N6/c1-13-11-24(15-8-9-15)12-16(13)22-18(19-2)20-10-14-6-5-7-17(21-14)23(3)4/h5-7,13,15-16H,8-12H2,1-4H3,(H2,19,20,22). The van der Waals surface area contributed by atoms with Crippen LogP contribution in [0, 0.1) is 5.92 Å². The van der Waals surface area contributed by atoms with Crippen molar-refractivity contribution in [2.75, 3.05) is 39.1 Å². The van der Waals surface area contributed by atoms with Crippen molar-refractivity contribution in [3.05, 3.63) is 23.9 Å². The van der Waals surface area contributed by atoms with Crippen LogP contribution in [0.2, 0.25) is 0 Å². The molecule has 6 nitrogen and oxygen atoms in total. The number of likely N-dealkylation sites (tertiary alicyclic amines) is 1. The zero-order valence-electron chi connectivity index (χ0n) is 15.3. The third-order valence-electron chi connectivity index (χ3n) is 4.94. The zero-order chi connectivity index (χ0) is 17.1. The second-order valence-corrected chi connectivity index (χ2v) is 7.22. The van der Waals surface area contributed by atoms with Crippen molar-refractivity contribution in [2.24, 2.45) is 10.9 Å². The minimum atomic E-state index is 0.470. The number of rotatable bonds is 5. The first-order valence-corrected chi connectivity index (χ1v) is 8.91. The lowest BCUT2D eigenvalue weighted by Gasteiger charge is -2.20. The summed E-state index contributed by atoms with van der Waals surface area (Å²) < 4.78 is 0. The smallest absolute Gasteiger partial charge is 0.191 e. The lowest BCUT2D eigenvalue weighted by atomic mass is 10.1. The van der Waals surface area contributed by atoms with Gasteiger partial charge in [0.05, 0.1) is 12.2 Å². The van der Waals surface area contributed by atoms with Crippen LogP contribution >= 0.6 is 0 Å². The Morgan fingerprint density at radius 3 is 2.79 bits per heavy atom. The van der Waals surface area contributed by atoms with Gasteiger partial charge in [0, 0.05) is 46.3 Å². The minimum absolute atomic E-state index is 0.470. The van der Waals surface area contributed by atoms with Gasteiger partial charge in [0.25, 0.3) is 0 Å². The van der Waals surface area contributed by atoms with E-state index in [9.17, 15) is 0 Å². The van der Waals surface area contributed by atoms with Gasteiger partial charge in [0.2, 0.25) is 0 Å². The fraction of sp³-hybridized carbons (Fsp3) is 0.667. The van der Waals surface area contributed by atoms with Crippen LogP contribution in [-0.4, -0.2) is 62.2 Å². The molecular formula is C18H30N6. The zero-order valence-corrected chi connectivity index (χ0v) is 15.3. The van der Waals surface area contributed by atoms with Crippen LogP contribution in [0.5, 0.6) is 0 Å². The van der Waals surface area contributed by atoms with Crippen LogP contribution in [0.1, 0.15) is 25.5 Å². The van der Waals surface area contributed by atoms with Crippen molar-refractivity contribution in [1.82, 2.24) is 20.5 Å². The van der Waals surface area contributed by atoms with Crippen molar-refractivity contribution in [3.63, 3.8) is 0 Å². The predicted octanol–water partition coefficient (Wildman–Crippen LogP) is 1.30. The highest BCUT2D eigenvalue weighted by molar-refractivity contribution is 5.80. The molecule has 0 amide bonds. The SMILES string of the molecule is CN=C(NCc1cccc(N(C)C)n1)NC1CN(C2CC2)CC1C. The Balaban J connectivity index is 1.52. The highest BCUT2D eigenvalue weighted by Crippen LogP contribution is 2.31. The van der Waals surface area contributed by atoms with Gasteiger partial charge in [-0.25, -0.2) is 4.98 Å². The topological polar surface area (TPSA) is 55.8 Å². The normalized spacial score (nSPS) is 24.9. The number of pyridine rings is 1. The number of hydrogen-bond acceptors (Lipinski definition) is 4. The molecule has 1 saturated carbocycles. The van der Waals surface area contributed by atoms with Gasteiger partial charge in [-0.15, -0.1) is 0 Å². The third kappa shape index (κ3) is 4.17. The summed E-state index contributed by atoms with van der Waals surface area (Å²) in [6, 6.07) is 7.41. The summed E-state index contributed by atoms with van der Waals surface area (Å²) in [5.74, 6) is 2.49. The molecule has 2 fully saturated rings. The third-order valence-corrected chi connectivity index (χ3v) is 4.94. The van der Waals surface area contributed by atoms with E-state index in [2.05, 4.69) is 32.4 Å². The molecule has 2 unspecified atom stereocenters. The number of aliphatic imine (C=N–C) groups is 1. The lowest BCUT2D eigenvalue weighted by molar-refractivity contribution is 0.315. The number of nitrogens with one attached hydrogen (secondary N) is 2. The Labute approximate surface area is 145 Å². The average molecular weight is 330 g/mol. The highest BCUT2D eigenvalue weighted by atomic mass is 15.3. The van der Waals surface area contributed by atoms with Crippen molar-refractivity contribution in [3.8, 4) is 0 Å². The van der Waals surface area contributed by atoms with Gasteiger partial charge >= 0.3 is 0 Å². The maximum absolute atomic E-state index is 4.64. The van der Waals surface area contributed by atoms with E-state index in [1.807, 2.05) is 44.2 Å². The maximum atomic E-state index is 4.64. The van der Waals surface area contributed by atoms with Gasteiger partial charge < -0.3 is 15.5 Å². The molecule has 0 radical (unpaired) electrons. The first-order chi connectivity index (χ1) is 11.6. The highest BCUT2D eigenvalue weighted by Gasteiger charge is 2.38. The number of aromatic nitrogens is 1. The molecule has 1 aromatic rings. The summed E-state index contributed by atoms with van der Waals surface area (Å²) in [6.07, 6.45) is 2.75. The Morgan fingerprint density at radius 1 is 1.33 bits per heavy atom. The first kappa shape index (κ1) is 17.0. The van der Waals surface area contributed by atoms with E-state index in [0.29, 0.717) is 18.5 Å². The molecule has 1 aliphatic heterocycles. The molecule has 6 heteroatoms. The molecule has 132 valence electrons. The molecule has 2 heterocycles. The summed E-state index contributed by atoms with van der Waals surface area (Å²) in [5.41, 5.74) is 1.02. The molecule has 0 bridgehead atoms. The fourth-order valence-corrected chi connectivity index (χ4v) is 3.29. The van der Waals surface area contributed by atoms with E-state index in [-0.39, 0.29) is 0 Å². The molecule has 0 aromatic carbocycles. The second-order valence-electron chi connectivity index (χ2n) is 7.22. The van der Waals surface area contributed by atoms with Gasteiger partial charge in [-0.3, -0.25) is 9.89 Å². The van der Waals surface area contributed by atoms with Crippen LogP contribution in [0.25, 0.3) is 0 Å². The molecule has 1 aromatic heterocycles. The molecule has 3 rings (SSSR count). The Morgan fingerprint density at radius 2 is 2.12 bits per heavy atom. The molecule has 0 spiro atoms. The van der Waals surface area contributed by atoms with Gasteiger partial charge in [0.1, 0.15) is 5.82 Å². The van der Waals surface area contributed by atoms with Crippen molar-refractivity contribution in [1.29, 1.82) is 0 Å². The Kier molecular flexibility index (Phi) is 5.23. The number of guanidine groups is 1. The average Bonchev–Trinajstić information content (AvgIpc) is 3.36. The van der Waals surface area contributed by atoms with Crippen LogP contribution in [0.15, 0.2) is 23.2 Å². The van der Waals surface area contributed by atoms with E-state index in [0.717, 1.165) is 30.1 Å². The second kappa shape index (κ2) is 7.38. The minimum Gasteiger partial charge on any atom is -0.363 e. The summed E-state index contributed by atoms with van der Waals surface area (Å²) >= 11 is 0. The molecule has 24 heavy (non-hydrogen) atoms. The molecule has 1 aliphatic carbocycles. The summed E-state index contributed by atoms with van der Waals surface area (Å²) in [7, 11) is 5.84. The number of hydrogen-bond donors (Lipinski definition) is 2. The first-order valence-electron chi connectivity index (χ1n) is 8.91. The van der Waals surface area contributed by atoms with E-state index >= 15 is 0 Å². The van der Waals surface area contributed by atoms with Crippen LogP contribution < -0.4 is 15.5 Å². The van der Waals surface area contributed by atoms with E-state index in [1.165, 1.54) is 19.4 Å². The lowest BCUT2D eigenvalue weighted by Crippen LogP contribution is -2.46. The van der Waals surface area contributed by atoms with Crippen molar-refractivity contribution >= 4 is 11.8 Å². The molecule has 2 N–H and O–H groups in total. The van der Waals surface area contributed by atoms with E-state index < -0.39 is 0 Å². The van der Waals surface area contributed by atoms with Crippen LogP contribution in [0.3, 0.4) is 0 Å². The Bertz CT molecular complexity index is 581. The summed E-state index contributed by atoms with van der Waals surface area (Å²) in [4.78, 5) is 13.7. The Hall–Kier alpha value is -1.82. The predicted molar refractivity (Wildman–Crippen MR) is 99.4 cm³/mol. The molecule has 1 saturated heterocycles. The summed E-state index contributed by atoms with van der Waals surface area (Å²) in [5, 5.41) is 6.99. The van der Waals surface area contributed by atoms with Crippen LogP contribution in [-0.2, 0) is 6.54 Å². The molecule has 2 atom stereocenters. The van der Waals surface area contributed by atoms with Crippen LogP contribution in [0.4, 0.5) is 5.82 Å². The van der Waals surface area contributed by atoms with E-state index in [4.69, 9.17) is 0 Å². The van der Waals surface area contributed by atoms with Gasteiger partial charge in [-0.2, -0.15) is 0 Å². The van der Waals surface area contributed by atoms with Crippen molar-refractivity contribution < 1.29 is 0 Å². The number of nitrogens with zero attached hydrogens (tertiary/aromatic N) is 4.